The molecule has 0 spiro atoms. The number of halogens is 1. The lowest BCUT2D eigenvalue weighted by Crippen LogP contribution is -2.17. The number of para-hydroxylation sites is 1. The van der Waals surface area contributed by atoms with Gasteiger partial charge in [-0.2, -0.15) is 0 Å². The van der Waals surface area contributed by atoms with E-state index in [1.54, 1.807) is 24.9 Å². The first-order chi connectivity index (χ1) is 14.7. The standard InChI is InChI=1S/C23H19ClN4OS/c1-25-22(29)18-7-5-6-16(14-18)15-30-23-27-26-21(17-10-12-19(24)13-11-17)28(23)20-8-3-2-4-9-20/h2-14H,15H2,1H3,(H,25,29). The Kier molecular flexibility index (Phi) is 6.16. The highest BCUT2D eigenvalue weighted by atomic mass is 35.5. The number of hydrogen-bond acceptors (Lipinski definition) is 4. The van der Waals surface area contributed by atoms with Gasteiger partial charge in [0, 0.05) is 34.6 Å². The Bertz CT molecular complexity index is 1160. The molecular weight excluding hydrogens is 416 g/mol. The molecule has 4 rings (SSSR count). The van der Waals surface area contributed by atoms with Gasteiger partial charge in [-0.15, -0.1) is 10.2 Å². The van der Waals surface area contributed by atoms with E-state index in [0.29, 0.717) is 16.3 Å². The van der Waals surface area contributed by atoms with Crippen LogP contribution in [0.25, 0.3) is 17.1 Å². The van der Waals surface area contributed by atoms with Crippen molar-refractivity contribution in [3.63, 3.8) is 0 Å². The predicted octanol–water partition coefficient (Wildman–Crippen LogP) is 5.24. The van der Waals surface area contributed by atoms with Crippen molar-refractivity contribution >= 4 is 29.3 Å². The Morgan fingerprint density at radius 2 is 1.77 bits per heavy atom. The number of rotatable bonds is 6. The molecule has 3 aromatic carbocycles. The van der Waals surface area contributed by atoms with Crippen molar-refractivity contribution in [1.29, 1.82) is 0 Å². The SMILES string of the molecule is CNC(=O)c1cccc(CSc2nnc(-c3ccc(Cl)cc3)n2-c2ccccc2)c1. The predicted molar refractivity (Wildman–Crippen MR) is 121 cm³/mol. The summed E-state index contributed by atoms with van der Waals surface area (Å²) >= 11 is 7.62. The van der Waals surface area contributed by atoms with Crippen LogP contribution in [0.4, 0.5) is 0 Å². The number of amides is 1. The molecule has 0 aliphatic rings. The van der Waals surface area contributed by atoms with Crippen LogP contribution < -0.4 is 5.32 Å². The molecule has 0 aliphatic heterocycles. The molecule has 0 fully saturated rings. The van der Waals surface area contributed by atoms with Crippen molar-refractivity contribution < 1.29 is 4.79 Å². The lowest BCUT2D eigenvalue weighted by Gasteiger charge is -2.10. The van der Waals surface area contributed by atoms with E-state index in [9.17, 15) is 4.79 Å². The number of thioether (sulfide) groups is 1. The monoisotopic (exact) mass is 434 g/mol. The number of carbonyl (C=O) groups excluding carboxylic acids is 1. The van der Waals surface area contributed by atoms with E-state index in [1.165, 1.54) is 0 Å². The van der Waals surface area contributed by atoms with E-state index in [-0.39, 0.29) is 5.91 Å². The van der Waals surface area contributed by atoms with Crippen LogP contribution in [0.2, 0.25) is 5.02 Å². The van der Waals surface area contributed by atoms with Crippen LogP contribution >= 0.6 is 23.4 Å². The second-order valence-electron chi connectivity index (χ2n) is 6.55. The quantitative estimate of drug-likeness (QED) is 0.421. The van der Waals surface area contributed by atoms with Crippen LogP contribution in [-0.2, 0) is 5.75 Å². The van der Waals surface area contributed by atoms with Gasteiger partial charge in [0.25, 0.3) is 5.91 Å². The molecule has 0 aliphatic carbocycles. The Hall–Kier alpha value is -3.09. The van der Waals surface area contributed by atoms with Crippen LogP contribution in [0.3, 0.4) is 0 Å². The van der Waals surface area contributed by atoms with Gasteiger partial charge in [0.2, 0.25) is 0 Å². The van der Waals surface area contributed by atoms with E-state index in [2.05, 4.69) is 15.5 Å². The number of benzene rings is 3. The van der Waals surface area contributed by atoms with Crippen molar-refractivity contribution in [2.75, 3.05) is 7.05 Å². The second-order valence-corrected chi connectivity index (χ2v) is 7.93. The van der Waals surface area contributed by atoms with Crippen LogP contribution in [0, 0.1) is 0 Å². The summed E-state index contributed by atoms with van der Waals surface area (Å²) in [5, 5.41) is 13.0. The van der Waals surface area contributed by atoms with Crippen LogP contribution in [-0.4, -0.2) is 27.7 Å². The van der Waals surface area contributed by atoms with Crippen molar-refractivity contribution in [3.8, 4) is 17.1 Å². The Morgan fingerprint density at radius 3 is 2.50 bits per heavy atom. The van der Waals surface area contributed by atoms with Crippen molar-refractivity contribution in [3.05, 3.63) is 95.0 Å². The summed E-state index contributed by atoms with van der Waals surface area (Å²) < 4.78 is 2.04. The molecule has 30 heavy (non-hydrogen) atoms. The normalized spacial score (nSPS) is 10.7. The van der Waals surface area contributed by atoms with E-state index in [0.717, 1.165) is 27.8 Å². The van der Waals surface area contributed by atoms with Gasteiger partial charge in [0.1, 0.15) is 0 Å². The first kappa shape index (κ1) is 20.2. The minimum atomic E-state index is -0.0978. The van der Waals surface area contributed by atoms with Gasteiger partial charge in [0.15, 0.2) is 11.0 Å². The molecule has 0 saturated heterocycles. The third-order valence-electron chi connectivity index (χ3n) is 4.53. The number of aromatic nitrogens is 3. The summed E-state index contributed by atoms with van der Waals surface area (Å²) in [7, 11) is 1.63. The fourth-order valence-electron chi connectivity index (χ4n) is 3.05. The molecule has 0 unspecified atom stereocenters. The molecule has 0 bridgehead atoms. The third kappa shape index (κ3) is 4.40. The second kappa shape index (κ2) is 9.15. The summed E-state index contributed by atoms with van der Waals surface area (Å²) in [6.07, 6.45) is 0. The maximum atomic E-state index is 11.9. The molecule has 1 N–H and O–H groups in total. The van der Waals surface area contributed by atoms with Crippen LogP contribution in [0.1, 0.15) is 15.9 Å². The van der Waals surface area contributed by atoms with Gasteiger partial charge in [0.05, 0.1) is 0 Å². The van der Waals surface area contributed by atoms with Crippen molar-refractivity contribution in [2.45, 2.75) is 10.9 Å². The lowest BCUT2D eigenvalue weighted by atomic mass is 10.1. The van der Waals surface area contributed by atoms with Gasteiger partial charge in [-0.3, -0.25) is 9.36 Å². The average Bonchev–Trinajstić information content (AvgIpc) is 3.22. The average molecular weight is 435 g/mol. The molecule has 7 heteroatoms. The molecule has 0 atom stereocenters. The highest BCUT2D eigenvalue weighted by molar-refractivity contribution is 7.98. The summed E-state index contributed by atoms with van der Waals surface area (Å²) in [5.41, 5.74) is 3.59. The van der Waals surface area contributed by atoms with Crippen LogP contribution in [0.5, 0.6) is 0 Å². The Morgan fingerprint density at radius 1 is 1.00 bits per heavy atom. The minimum Gasteiger partial charge on any atom is -0.355 e. The van der Waals surface area contributed by atoms with Gasteiger partial charge >= 0.3 is 0 Å². The zero-order valence-corrected chi connectivity index (χ0v) is 17.8. The third-order valence-corrected chi connectivity index (χ3v) is 5.79. The number of nitrogens with one attached hydrogen (secondary N) is 1. The van der Waals surface area contributed by atoms with E-state index < -0.39 is 0 Å². The first-order valence-electron chi connectivity index (χ1n) is 9.36. The van der Waals surface area contributed by atoms with Crippen LogP contribution in [0.15, 0.2) is 84.0 Å². The minimum absolute atomic E-state index is 0.0978. The van der Waals surface area contributed by atoms with E-state index in [4.69, 9.17) is 11.6 Å². The maximum Gasteiger partial charge on any atom is 0.251 e. The largest absolute Gasteiger partial charge is 0.355 e. The molecule has 0 saturated carbocycles. The van der Waals surface area contributed by atoms with Crippen molar-refractivity contribution in [1.82, 2.24) is 20.1 Å². The first-order valence-corrected chi connectivity index (χ1v) is 10.7. The fraction of sp³-hybridized carbons (Fsp3) is 0.0870. The number of hydrogen-bond donors (Lipinski definition) is 1. The molecule has 1 heterocycles. The smallest absolute Gasteiger partial charge is 0.251 e. The summed E-state index contributed by atoms with van der Waals surface area (Å²) in [6.45, 7) is 0. The lowest BCUT2D eigenvalue weighted by molar-refractivity contribution is 0.0963. The highest BCUT2D eigenvalue weighted by Crippen LogP contribution is 2.30. The van der Waals surface area contributed by atoms with Gasteiger partial charge in [-0.25, -0.2) is 0 Å². The van der Waals surface area contributed by atoms with Gasteiger partial charge < -0.3 is 5.32 Å². The fourth-order valence-corrected chi connectivity index (χ4v) is 4.07. The number of nitrogens with zero attached hydrogens (tertiary/aromatic N) is 3. The van der Waals surface area contributed by atoms with Gasteiger partial charge in [-0.05, 0) is 54.1 Å². The van der Waals surface area contributed by atoms with Crippen molar-refractivity contribution in [2.24, 2.45) is 0 Å². The van der Waals surface area contributed by atoms with Gasteiger partial charge in [-0.1, -0.05) is 53.7 Å². The molecule has 4 aromatic rings. The zero-order chi connectivity index (χ0) is 20.9. The molecule has 150 valence electrons. The molecular formula is C23H19ClN4OS. The summed E-state index contributed by atoms with van der Waals surface area (Å²) in [6, 6.07) is 25.2. The molecule has 5 nitrogen and oxygen atoms in total. The summed E-state index contributed by atoms with van der Waals surface area (Å²) in [4.78, 5) is 11.9. The van der Waals surface area contributed by atoms with E-state index in [1.807, 2.05) is 77.4 Å². The zero-order valence-electron chi connectivity index (χ0n) is 16.2. The Balaban J connectivity index is 1.67. The Labute approximate surface area is 184 Å². The van der Waals surface area contributed by atoms with E-state index >= 15 is 0 Å². The maximum absolute atomic E-state index is 11.9. The molecule has 1 aromatic heterocycles. The topological polar surface area (TPSA) is 59.8 Å². The molecule has 1 amide bonds. The highest BCUT2D eigenvalue weighted by Gasteiger charge is 2.16. The number of carbonyl (C=O) groups is 1. The molecule has 0 radical (unpaired) electrons. The summed E-state index contributed by atoms with van der Waals surface area (Å²) in [5.74, 6) is 1.31.